The molecule has 0 bridgehead atoms. The Morgan fingerprint density at radius 2 is 1.52 bits per heavy atom. The number of carbonyl (C=O) groups is 5. The molecule has 4 N–H and O–H groups in total. The number of likely N-dealkylation sites (N-methyl/N-ethyl adjacent to an activating group) is 1. The SMILES string of the molecule is CC(C)CC(NC(=O)OC(C)(C)C)C(=O)NC(CCCNC(=O)OC(C)(C)C)CC(=O)NN(C)CC(=O)OCc1ccccc1Br. The average Bonchev–Trinajstić information content (AvgIpc) is 2.87. The molecular formula is C32H52BrN5O8. The number of halogens is 1. The van der Waals surface area contributed by atoms with Crippen LogP contribution in [0.15, 0.2) is 28.7 Å². The van der Waals surface area contributed by atoms with Crippen LogP contribution in [0.4, 0.5) is 9.59 Å². The zero-order valence-corrected chi connectivity index (χ0v) is 30.2. The molecule has 2 atom stereocenters. The van der Waals surface area contributed by atoms with Crippen LogP contribution in [0.25, 0.3) is 0 Å². The van der Waals surface area contributed by atoms with Crippen LogP contribution in [-0.2, 0) is 35.2 Å². The lowest BCUT2D eigenvalue weighted by Gasteiger charge is -2.27. The molecule has 0 saturated heterocycles. The molecule has 1 aromatic carbocycles. The molecule has 0 radical (unpaired) electrons. The van der Waals surface area contributed by atoms with Gasteiger partial charge >= 0.3 is 18.2 Å². The Hall–Kier alpha value is -3.39. The third-order valence-corrected chi connectivity index (χ3v) is 6.69. The lowest BCUT2D eigenvalue weighted by molar-refractivity contribution is -0.147. The van der Waals surface area contributed by atoms with E-state index in [9.17, 15) is 24.0 Å². The Morgan fingerprint density at radius 3 is 2.11 bits per heavy atom. The van der Waals surface area contributed by atoms with E-state index in [1.807, 2.05) is 38.1 Å². The molecule has 0 heterocycles. The molecule has 0 aliphatic heterocycles. The maximum absolute atomic E-state index is 13.4. The zero-order chi connectivity index (χ0) is 35.1. The van der Waals surface area contributed by atoms with E-state index in [2.05, 4.69) is 37.3 Å². The van der Waals surface area contributed by atoms with Gasteiger partial charge in [0.05, 0.1) is 0 Å². The summed E-state index contributed by atoms with van der Waals surface area (Å²) in [6, 6.07) is 5.81. The molecule has 0 fully saturated rings. The summed E-state index contributed by atoms with van der Waals surface area (Å²) in [5.41, 5.74) is 2.04. The van der Waals surface area contributed by atoms with Crippen LogP contribution in [0, 0.1) is 5.92 Å². The smallest absolute Gasteiger partial charge is 0.408 e. The quantitative estimate of drug-likeness (QED) is 0.0831. The van der Waals surface area contributed by atoms with E-state index in [1.54, 1.807) is 41.5 Å². The van der Waals surface area contributed by atoms with E-state index >= 15 is 0 Å². The van der Waals surface area contributed by atoms with Gasteiger partial charge in [-0.15, -0.1) is 0 Å². The molecule has 260 valence electrons. The third-order valence-electron chi connectivity index (χ3n) is 5.92. The van der Waals surface area contributed by atoms with Gasteiger partial charge in [0.25, 0.3) is 0 Å². The number of hydrogen-bond donors (Lipinski definition) is 4. The van der Waals surface area contributed by atoms with Crippen LogP contribution in [0.2, 0.25) is 0 Å². The van der Waals surface area contributed by atoms with Crippen LogP contribution in [0.3, 0.4) is 0 Å². The number of rotatable bonds is 16. The lowest BCUT2D eigenvalue weighted by atomic mass is 10.0. The Bertz CT molecular complexity index is 1170. The standard InChI is InChI=1S/C32H52BrN5O8/c1-21(2)17-25(36-30(43)46-32(6,7)8)28(41)35-23(14-12-16-34-29(42)45-31(3,4)5)18-26(39)37-38(9)19-27(40)44-20-22-13-10-11-15-24(22)33/h10-11,13,15,21,23,25H,12,14,16-20H2,1-9H3,(H,34,42)(H,35,41)(H,36,43)(H,37,39). The number of hydrazine groups is 1. The molecular weight excluding hydrogens is 662 g/mol. The lowest BCUT2D eigenvalue weighted by Crippen LogP contribution is -2.52. The summed E-state index contributed by atoms with van der Waals surface area (Å²) in [5, 5.41) is 9.49. The first-order chi connectivity index (χ1) is 21.2. The predicted octanol–water partition coefficient (Wildman–Crippen LogP) is 4.57. The molecule has 46 heavy (non-hydrogen) atoms. The molecule has 0 aliphatic rings. The van der Waals surface area contributed by atoms with Crippen molar-refractivity contribution in [1.29, 1.82) is 0 Å². The van der Waals surface area contributed by atoms with Gasteiger partial charge in [-0.1, -0.05) is 48.0 Å². The molecule has 4 amide bonds. The highest BCUT2D eigenvalue weighted by Gasteiger charge is 2.28. The summed E-state index contributed by atoms with van der Waals surface area (Å²) in [6.45, 7) is 14.4. The van der Waals surface area contributed by atoms with Crippen molar-refractivity contribution in [3.63, 3.8) is 0 Å². The minimum atomic E-state index is -0.901. The topological polar surface area (TPSA) is 164 Å². The molecule has 0 spiro atoms. The zero-order valence-electron chi connectivity index (χ0n) is 28.6. The van der Waals surface area contributed by atoms with Crippen molar-refractivity contribution in [3.8, 4) is 0 Å². The molecule has 0 aromatic heterocycles. The second-order valence-corrected chi connectivity index (χ2v) is 14.3. The summed E-state index contributed by atoms with van der Waals surface area (Å²) in [6.07, 6.45) is -0.338. The maximum atomic E-state index is 13.4. The van der Waals surface area contributed by atoms with Crippen LogP contribution in [0.1, 0.15) is 86.6 Å². The number of benzene rings is 1. The van der Waals surface area contributed by atoms with Gasteiger partial charge in [-0.3, -0.25) is 19.8 Å². The Morgan fingerprint density at radius 1 is 0.913 bits per heavy atom. The van der Waals surface area contributed by atoms with Gasteiger partial charge in [-0.05, 0) is 72.8 Å². The first-order valence-corrected chi connectivity index (χ1v) is 16.2. The summed E-state index contributed by atoms with van der Waals surface area (Å²) in [4.78, 5) is 63.2. The van der Waals surface area contributed by atoms with Crippen LogP contribution in [-0.4, -0.2) is 78.4 Å². The fourth-order valence-corrected chi connectivity index (χ4v) is 4.47. The highest BCUT2D eigenvalue weighted by molar-refractivity contribution is 9.10. The van der Waals surface area contributed by atoms with Crippen molar-refractivity contribution in [2.24, 2.45) is 5.92 Å². The summed E-state index contributed by atoms with van der Waals surface area (Å²) in [5.74, 6) is -1.39. The molecule has 1 rings (SSSR count). The fourth-order valence-electron chi connectivity index (χ4n) is 4.07. The molecule has 2 unspecified atom stereocenters. The second kappa shape index (κ2) is 19.3. The minimum Gasteiger partial charge on any atom is -0.460 e. The van der Waals surface area contributed by atoms with Crippen molar-refractivity contribution in [2.75, 3.05) is 20.1 Å². The molecule has 14 heteroatoms. The van der Waals surface area contributed by atoms with Crippen molar-refractivity contribution >= 4 is 45.9 Å². The Balaban J connectivity index is 2.86. The highest BCUT2D eigenvalue weighted by atomic mass is 79.9. The number of nitrogens with one attached hydrogen (secondary N) is 4. The highest BCUT2D eigenvalue weighted by Crippen LogP contribution is 2.17. The fraction of sp³-hybridized carbons (Fsp3) is 0.656. The number of hydrogen-bond acceptors (Lipinski definition) is 9. The van der Waals surface area contributed by atoms with Gasteiger partial charge in [0.15, 0.2) is 0 Å². The minimum absolute atomic E-state index is 0.0712. The molecule has 13 nitrogen and oxygen atoms in total. The van der Waals surface area contributed by atoms with E-state index in [-0.39, 0.29) is 32.0 Å². The van der Waals surface area contributed by atoms with Crippen molar-refractivity contribution in [2.45, 2.75) is 111 Å². The first-order valence-electron chi connectivity index (χ1n) is 15.4. The van der Waals surface area contributed by atoms with E-state index in [1.165, 1.54) is 12.1 Å². The number of amides is 4. The summed E-state index contributed by atoms with van der Waals surface area (Å²) >= 11 is 3.41. The van der Waals surface area contributed by atoms with E-state index in [0.717, 1.165) is 10.0 Å². The van der Waals surface area contributed by atoms with Crippen molar-refractivity contribution < 1.29 is 38.2 Å². The molecule has 0 saturated carbocycles. The van der Waals surface area contributed by atoms with E-state index in [0.29, 0.717) is 19.3 Å². The number of ether oxygens (including phenoxy) is 3. The van der Waals surface area contributed by atoms with Crippen molar-refractivity contribution in [3.05, 3.63) is 34.3 Å². The average molecular weight is 715 g/mol. The first kappa shape index (κ1) is 40.6. The number of alkyl carbamates (subject to hydrolysis) is 2. The van der Waals surface area contributed by atoms with Gasteiger partial charge in [-0.25, -0.2) is 14.6 Å². The number of esters is 1. The molecule has 1 aromatic rings. The van der Waals surface area contributed by atoms with Gasteiger partial charge in [0.2, 0.25) is 11.8 Å². The maximum Gasteiger partial charge on any atom is 0.408 e. The van der Waals surface area contributed by atoms with Gasteiger partial charge < -0.3 is 30.2 Å². The van der Waals surface area contributed by atoms with Gasteiger partial charge in [0.1, 0.15) is 30.4 Å². The van der Waals surface area contributed by atoms with Crippen LogP contribution in [0.5, 0.6) is 0 Å². The van der Waals surface area contributed by atoms with E-state index < -0.39 is 53.3 Å². The van der Waals surface area contributed by atoms with E-state index in [4.69, 9.17) is 14.2 Å². The van der Waals surface area contributed by atoms with Crippen LogP contribution >= 0.6 is 15.9 Å². The Kier molecular flexibility index (Phi) is 17.1. The number of nitrogens with zero attached hydrogens (tertiary/aromatic N) is 1. The summed E-state index contributed by atoms with van der Waals surface area (Å²) in [7, 11) is 1.53. The Labute approximate surface area is 281 Å². The monoisotopic (exact) mass is 713 g/mol. The van der Waals surface area contributed by atoms with Gasteiger partial charge in [-0.2, -0.15) is 0 Å². The van der Waals surface area contributed by atoms with Gasteiger partial charge in [0, 0.05) is 36.1 Å². The normalized spacial score (nSPS) is 13.0. The van der Waals surface area contributed by atoms with Crippen molar-refractivity contribution in [1.82, 2.24) is 26.4 Å². The summed E-state index contributed by atoms with van der Waals surface area (Å²) < 4.78 is 16.7. The second-order valence-electron chi connectivity index (χ2n) is 13.5. The van der Waals surface area contributed by atoms with Crippen LogP contribution < -0.4 is 21.4 Å². The predicted molar refractivity (Wildman–Crippen MR) is 177 cm³/mol. The number of carbonyl (C=O) groups excluding carboxylic acids is 5. The molecule has 0 aliphatic carbocycles. The third kappa shape index (κ3) is 19.2. The largest absolute Gasteiger partial charge is 0.460 e.